The zero-order valence-corrected chi connectivity index (χ0v) is 15.8. The van der Waals surface area contributed by atoms with Gasteiger partial charge in [-0.25, -0.2) is 15.1 Å². The molecule has 1 atom stereocenters. The number of aromatic nitrogens is 1. The molecule has 0 bridgehead atoms. The van der Waals surface area contributed by atoms with Crippen LogP contribution in [-0.2, 0) is 9.53 Å². The molecule has 0 aliphatic heterocycles. The summed E-state index contributed by atoms with van der Waals surface area (Å²) in [5, 5.41) is 3.86. The van der Waals surface area contributed by atoms with Crippen LogP contribution >= 0.6 is 0 Å². The Kier molecular flexibility index (Phi) is 5.96. The van der Waals surface area contributed by atoms with Crippen LogP contribution in [0.4, 0.5) is 19.0 Å². The number of benzene rings is 1. The number of methoxy groups -OCH3 is 1. The van der Waals surface area contributed by atoms with Gasteiger partial charge in [-0.15, -0.1) is 0 Å². The fraction of sp³-hybridized carbons (Fsp3) is 0.316. The van der Waals surface area contributed by atoms with E-state index in [4.69, 9.17) is 0 Å². The number of ether oxygens (including phenoxy) is 1. The number of aryl methyl sites for hydroxylation is 3. The zero-order chi connectivity index (χ0) is 21.1. The van der Waals surface area contributed by atoms with Crippen molar-refractivity contribution in [3.63, 3.8) is 0 Å². The largest absolute Gasteiger partial charge is 0.464 e. The van der Waals surface area contributed by atoms with Crippen molar-refractivity contribution >= 4 is 17.7 Å². The number of esters is 1. The van der Waals surface area contributed by atoms with Crippen LogP contribution in [-0.4, -0.2) is 30.8 Å². The molecule has 150 valence electrons. The summed E-state index contributed by atoms with van der Waals surface area (Å²) in [5.41, 5.74) is -1.47. The second-order valence-electron chi connectivity index (χ2n) is 6.44. The van der Waals surface area contributed by atoms with Gasteiger partial charge in [0.2, 0.25) is 0 Å². The van der Waals surface area contributed by atoms with E-state index in [9.17, 15) is 22.8 Å². The van der Waals surface area contributed by atoms with Gasteiger partial charge in [0.25, 0.3) is 11.7 Å². The summed E-state index contributed by atoms with van der Waals surface area (Å²) in [4.78, 5) is 27.4. The molecule has 1 aromatic heterocycles. The summed E-state index contributed by atoms with van der Waals surface area (Å²) in [6.45, 7) is 5.11. The van der Waals surface area contributed by atoms with Gasteiger partial charge in [-0.2, -0.15) is 13.2 Å². The molecule has 0 radical (unpaired) electrons. The van der Waals surface area contributed by atoms with Crippen LogP contribution in [0.5, 0.6) is 0 Å². The number of amides is 1. The van der Waals surface area contributed by atoms with E-state index in [2.05, 4.69) is 15.0 Å². The lowest BCUT2D eigenvalue weighted by Crippen LogP contribution is -2.69. The van der Waals surface area contributed by atoms with Gasteiger partial charge >= 0.3 is 17.8 Å². The van der Waals surface area contributed by atoms with Crippen molar-refractivity contribution < 1.29 is 32.5 Å². The van der Waals surface area contributed by atoms with Crippen molar-refractivity contribution in [2.45, 2.75) is 32.6 Å². The van der Waals surface area contributed by atoms with Gasteiger partial charge in [0, 0.05) is 11.6 Å². The number of alkyl halides is 3. The van der Waals surface area contributed by atoms with Crippen molar-refractivity contribution in [2.75, 3.05) is 12.4 Å². The van der Waals surface area contributed by atoms with E-state index in [-0.39, 0.29) is 11.4 Å². The van der Waals surface area contributed by atoms with Crippen LogP contribution < -0.4 is 15.6 Å². The molecule has 0 unspecified atom stereocenters. The van der Waals surface area contributed by atoms with E-state index >= 15 is 0 Å². The van der Waals surface area contributed by atoms with Gasteiger partial charge in [0.1, 0.15) is 0 Å². The Labute approximate surface area is 160 Å². The molecule has 3 N–H and O–H groups in total. The number of rotatable bonds is 5. The molecule has 0 fully saturated rings. The van der Waals surface area contributed by atoms with Crippen molar-refractivity contribution in [3.8, 4) is 0 Å². The van der Waals surface area contributed by atoms with Crippen molar-refractivity contribution in [1.29, 1.82) is 0 Å². The number of anilines is 1. The smallest absolute Gasteiger partial charge is 0.464 e. The Morgan fingerprint density at radius 3 is 2.11 bits per heavy atom. The number of aromatic amines is 1. The Bertz CT molecular complexity index is 862. The molecule has 2 rings (SSSR count). The van der Waals surface area contributed by atoms with E-state index in [0.717, 1.165) is 12.7 Å². The third-order valence-electron chi connectivity index (χ3n) is 4.00. The van der Waals surface area contributed by atoms with E-state index < -0.39 is 23.7 Å². The van der Waals surface area contributed by atoms with Crippen LogP contribution in [0.2, 0.25) is 0 Å². The van der Waals surface area contributed by atoms with Gasteiger partial charge in [0.15, 0.2) is 0 Å². The summed E-state index contributed by atoms with van der Waals surface area (Å²) >= 11 is 0. The molecule has 1 heterocycles. The van der Waals surface area contributed by atoms with Crippen LogP contribution in [0, 0.1) is 20.8 Å². The quantitative estimate of drug-likeness (QED) is 0.602. The molecule has 0 saturated heterocycles. The number of hydrogen-bond donors (Lipinski definition) is 2. The average Bonchev–Trinajstić information content (AvgIpc) is 2.59. The first-order chi connectivity index (χ1) is 13.0. The molecule has 0 aliphatic rings. The molecule has 9 heteroatoms. The Balaban J connectivity index is 2.52. The van der Waals surface area contributed by atoms with Gasteiger partial charge in [-0.05, 0) is 44.5 Å². The fourth-order valence-electron chi connectivity index (χ4n) is 2.66. The van der Waals surface area contributed by atoms with Crippen LogP contribution in [0.3, 0.4) is 0 Å². The summed E-state index contributed by atoms with van der Waals surface area (Å²) in [7, 11) is 0.813. The number of halogens is 3. The van der Waals surface area contributed by atoms with Crippen LogP contribution in [0.1, 0.15) is 27.2 Å². The molecule has 1 aromatic carbocycles. The van der Waals surface area contributed by atoms with Gasteiger partial charge in [0.05, 0.1) is 12.8 Å². The molecule has 0 saturated carbocycles. The lowest BCUT2D eigenvalue weighted by Gasteiger charge is -2.30. The zero-order valence-electron chi connectivity index (χ0n) is 15.8. The third kappa shape index (κ3) is 4.41. The molecule has 2 aromatic rings. The molecule has 0 aliphatic carbocycles. The molecular weight excluding hydrogens is 375 g/mol. The number of pyridine rings is 1. The molecule has 28 heavy (non-hydrogen) atoms. The minimum atomic E-state index is -5.20. The summed E-state index contributed by atoms with van der Waals surface area (Å²) in [6.07, 6.45) is -5.20. The van der Waals surface area contributed by atoms with Crippen molar-refractivity contribution in [1.82, 2.24) is 5.32 Å². The topological polar surface area (TPSA) is 81.6 Å². The lowest BCUT2D eigenvalue weighted by atomic mass is 10.1. The molecule has 0 spiro atoms. The highest BCUT2D eigenvalue weighted by Gasteiger charge is 2.67. The summed E-state index contributed by atoms with van der Waals surface area (Å²) < 4.78 is 46.5. The average molecular weight is 396 g/mol. The van der Waals surface area contributed by atoms with E-state index in [0.29, 0.717) is 11.3 Å². The first-order valence-electron chi connectivity index (χ1n) is 8.31. The van der Waals surface area contributed by atoms with Gasteiger partial charge < -0.3 is 4.74 Å². The Hall–Kier alpha value is -3.10. The minimum Gasteiger partial charge on any atom is -0.464 e. The predicted octanol–water partition coefficient (Wildman–Crippen LogP) is 2.70. The summed E-state index contributed by atoms with van der Waals surface area (Å²) in [5.74, 6) is -2.89. The second-order valence-corrected chi connectivity index (χ2v) is 6.44. The first kappa shape index (κ1) is 21.2. The SMILES string of the molecule is COC(=O)[C@@](NC(=O)c1ccc(C)cc1)(Nc1cc(C)cc(C)[nH+]1)C(F)(F)F. The number of carbonyl (C=O) groups excluding carboxylic acids is 2. The minimum absolute atomic E-state index is 0.0330. The number of nitrogens with one attached hydrogen (secondary N) is 3. The van der Waals surface area contributed by atoms with Crippen LogP contribution in [0.25, 0.3) is 0 Å². The predicted molar refractivity (Wildman–Crippen MR) is 95.5 cm³/mol. The summed E-state index contributed by atoms with van der Waals surface area (Å²) in [6, 6.07) is 8.98. The van der Waals surface area contributed by atoms with E-state index in [1.807, 2.05) is 0 Å². The normalized spacial score (nSPS) is 13.4. The van der Waals surface area contributed by atoms with Gasteiger partial charge in [-0.1, -0.05) is 17.7 Å². The Morgan fingerprint density at radius 2 is 1.61 bits per heavy atom. The number of hydrogen-bond acceptors (Lipinski definition) is 4. The highest BCUT2D eigenvalue weighted by atomic mass is 19.4. The number of carbonyl (C=O) groups is 2. The van der Waals surface area contributed by atoms with Crippen LogP contribution in [0.15, 0.2) is 36.4 Å². The maximum atomic E-state index is 14.0. The van der Waals surface area contributed by atoms with E-state index in [1.165, 1.54) is 18.2 Å². The Morgan fingerprint density at radius 1 is 1.00 bits per heavy atom. The molecule has 6 nitrogen and oxygen atoms in total. The monoisotopic (exact) mass is 396 g/mol. The molecular formula is C19H21F3N3O3+. The van der Waals surface area contributed by atoms with Crippen molar-refractivity contribution in [3.05, 3.63) is 58.8 Å². The number of H-pyrrole nitrogens is 1. The molecule has 1 amide bonds. The maximum Gasteiger partial charge on any atom is 0.464 e. The highest BCUT2D eigenvalue weighted by Crippen LogP contribution is 2.32. The highest BCUT2D eigenvalue weighted by molar-refractivity contribution is 5.99. The van der Waals surface area contributed by atoms with Crippen molar-refractivity contribution in [2.24, 2.45) is 0 Å². The second kappa shape index (κ2) is 7.87. The van der Waals surface area contributed by atoms with E-state index in [1.54, 1.807) is 44.3 Å². The van der Waals surface area contributed by atoms with Gasteiger partial charge in [-0.3, -0.25) is 10.1 Å². The first-order valence-corrected chi connectivity index (χ1v) is 8.31. The maximum absolute atomic E-state index is 14.0. The standard InChI is InChI=1S/C19H20F3N3O3/c1-11-5-7-14(8-6-11)16(26)25-18(17(27)28-4,19(20,21)22)24-15-10-12(2)9-13(3)23-15/h5-10H,1-4H3,(H,23,24)(H,25,26)/p+1/t18-/m0/s1. The lowest BCUT2D eigenvalue weighted by molar-refractivity contribution is -0.372. The fourth-order valence-corrected chi connectivity index (χ4v) is 2.66. The third-order valence-corrected chi connectivity index (χ3v) is 4.00.